The molecule has 2 atom stereocenters. The topological polar surface area (TPSA) is 29.1 Å². The fraction of sp³-hybridized carbons (Fsp3) is 0.300. The molecule has 1 unspecified atom stereocenters. The Morgan fingerprint density at radius 2 is 1.70 bits per heavy atom. The molecule has 0 aromatic heterocycles. The SMILES string of the molecule is C[CH-]CC(=O)[C@H](Cc1ccccc1Cl)NC(c1ccccc1)C(F)(F)F.[Y]. The molecule has 2 nitrogen and oxygen atoms in total. The zero-order valence-electron chi connectivity index (χ0n) is 14.8. The molecule has 0 amide bonds. The van der Waals surface area contributed by atoms with Crippen LogP contribution in [0.15, 0.2) is 54.6 Å². The first-order chi connectivity index (χ1) is 12.3. The summed E-state index contributed by atoms with van der Waals surface area (Å²) in [5.74, 6) is -0.308. The summed E-state index contributed by atoms with van der Waals surface area (Å²) in [5, 5.41) is 2.94. The molecule has 0 aliphatic carbocycles. The third-order valence-corrected chi connectivity index (χ3v) is 4.37. The Hall–Kier alpha value is -0.746. The minimum atomic E-state index is -4.53. The molecule has 0 aliphatic heterocycles. The number of hydrogen-bond acceptors (Lipinski definition) is 2. The maximum absolute atomic E-state index is 13.6. The number of carbonyl (C=O) groups excluding carboxylic acids is 1. The molecule has 27 heavy (non-hydrogen) atoms. The van der Waals surface area contributed by atoms with Gasteiger partial charge in [-0.15, -0.1) is 6.42 Å². The van der Waals surface area contributed by atoms with Crippen molar-refractivity contribution in [1.29, 1.82) is 0 Å². The molecule has 0 heterocycles. The van der Waals surface area contributed by atoms with Crippen molar-refractivity contribution in [3.63, 3.8) is 0 Å². The molecule has 0 aliphatic rings. The first-order valence-corrected chi connectivity index (χ1v) is 8.62. The second kappa shape index (κ2) is 11.3. The number of hydrogen-bond donors (Lipinski definition) is 1. The molecule has 2 aromatic rings. The van der Waals surface area contributed by atoms with Gasteiger partial charge >= 0.3 is 6.18 Å². The second-order valence-corrected chi connectivity index (χ2v) is 6.39. The smallest absolute Gasteiger partial charge is 0.324 e. The fourth-order valence-corrected chi connectivity index (χ4v) is 2.93. The van der Waals surface area contributed by atoms with Crippen LogP contribution in [-0.2, 0) is 43.9 Å². The molecule has 0 bridgehead atoms. The number of carbonyl (C=O) groups is 1. The minimum Gasteiger partial charge on any atom is -0.324 e. The van der Waals surface area contributed by atoms with Gasteiger partial charge in [0, 0.05) is 37.7 Å². The number of nitrogens with one attached hydrogen (secondary N) is 1. The van der Waals surface area contributed by atoms with Crippen LogP contribution in [0.3, 0.4) is 0 Å². The number of rotatable bonds is 8. The largest absolute Gasteiger partial charge is 0.407 e. The number of Topliss-reactive ketones (excluding diaryl/α,β-unsaturated/α-hetero) is 1. The molecule has 0 spiro atoms. The van der Waals surface area contributed by atoms with Crippen molar-refractivity contribution in [3.8, 4) is 0 Å². The molecule has 0 saturated heterocycles. The summed E-state index contributed by atoms with van der Waals surface area (Å²) in [6.45, 7) is 1.70. The summed E-state index contributed by atoms with van der Waals surface area (Å²) in [7, 11) is 0. The van der Waals surface area contributed by atoms with E-state index in [1.165, 1.54) is 12.1 Å². The maximum atomic E-state index is 13.6. The van der Waals surface area contributed by atoms with Crippen molar-refractivity contribution in [1.82, 2.24) is 5.32 Å². The van der Waals surface area contributed by atoms with E-state index in [0.29, 0.717) is 10.6 Å². The first-order valence-electron chi connectivity index (χ1n) is 8.24. The fourth-order valence-electron chi connectivity index (χ4n) is 2.72. The quantitative estimate of drug-likeness (QED) is 0.528. The van der Waals surface area contributed by atoms with Gasteiger partial charge in [-0.2, -0.15) is 20.1 Å². The second-order valence-electron chi connectivity index (χ2n) is 5.98. The molecule has 2 aromatic carbocycles. The maximum Gasteiger partial charge on any atom is 0.407 e. The summed E-state index contributed by atoms with van der Waals surface area (Å²) in [6.07, 6.45) is -2.72. The van der Waals surface area contributed by atoms with Crippen molar-refractivity contribution in [2.24, 2.45) is 0 Å². The van der Waals surface area contributed by atoms with Gasteiger partial charge in [0.2, 0.25) is 0 Å². The Kier molecular flexibility index (Phi) is 10.2. The average molecular weight is 472 g/mol. The minimum absolute atomic E-state index is 0. The summed E-state index contributed by atoms with van der Waals surface area (Å²) >= 11 is 6.12. The van der Waals surface area contributed by atoms with Crippen molar-refractivity contribution in [2.45, 2.75) is 38.0 Å². The van der Waals surface area contributed by atoms with Crippen molar-refractivity contribution in [2.75, 3.05) is 0 Å². The van der Waals surface area contributed by atoms with Gasteiger partial charge in [0.15, 0.2) is 0 Å². The van der Waals surface area contributed by atoms with E-state index < -0.39 is 18.3 Å². The van der Waals surface area contributed by atoms with E-state index in [1.54, 1.807) is 55.8 Å². The Morgan fingerprint density at radius 1 is 1.11 bits per heavy atom. The first kappa shape index (κ1) is 24.3. The van der Waals surface area contributed by atoms with Crippen molar-refractivity contribution >= 4 is 17.4 Å². The third kappa shape index (κ3) is 7.30. The Labute approximate surface area is 187 Å². The van der Waals surface area contributed by atoms with Crippen LogP contribution >= 0.6 is 11.6 Å². The van der Waals surface area contributed by atoms with Gasteiger partial charge in [-0.25, -0.2) is 0 Å². The number of benzene rings is 2. The van der Waals surface area contributed by atoms with E-state index in [0.717, 1.165) is 0 Å². The van der Waals surface area contributed by atoms with Crippen molar-refractivity contribution < 1.29 is 50.7 Å². The predicted octanol–water partition coefficient (Wildman–Crippen LogP) is 5.33. The van der Waals surface area contributed by atoms with E-state index >= 15 is 0 Å². The standard InChI is InChI=1S/C20H20ClF3NO.Y/c1-2-8-18(26)17(13-15-11-6-7-12-16(15)21)25-19(20(22,23)24)14-9-4-3-5-10-14;/h2-7,9-12,17,19,25H,8,13H2,1H3;/q-1;/t17-,19?;/m0./s1. The summed E-state index contributed by atoms with van der Waals surface area (Å²) in [6, 6.07) is 11.4. The normalized spacial score (nSPS) is 13.5. The third-order valence-electron chi connectivity index (χ3n) is 4.00. The molecule has 7 heteroatoms. The van der Waals surface area contributed by atoms with Crippen LogP contribution in [0, 0.1) is 6.42 Å². The van der Waals surface area contributed by atoms with Crippen LogP contribution in [0.2, 0.25) is 5.02 Å². The van der Waals surface area contributed by atoms with Gasteiger partial charge in [-0.3, -0.25) is 5.32 Å². The number of alkyl halides is 3. The Bertz CT molecular complexity index is 725. The van der Waals surface area contributed by atoms with E-state index in [1.807, 2.05) is 0 Å². The van der Waals surface area contributed by atoms with Crippen LogP contribution < -0.4 is 5.32 Å². The van der Waals surface area contributed by atoms with Gasteiger partial charge in [-0.1, -0.05) is 60.1 Å². The average Bonchev–Trinajstić information content (AvgIpc) is 2.60. The monoisotopic (exact) mass is 471 g/mol. The molecule has 0 saturated carbocycles. The predicted molar refractivity (Wildman–Crippen MR) is 96.9 cm³/mol. The number of ketones is 1. The van der Waals surface area contributed by atoms with Gasteiger partial charge in [-0.05, 0) is 23.6 Å². The van der Waals surface area contributed by atoms with E-state index in [-0.39, 0.29) is 56.9 Å². The van der Waals surface area contributed by atoms with Gasteiger partial charge in [0.25, 0.3) is 0 Å². The van der Waals surface area contributed by atoms with Gasteiger partial charge < -0.3 is 11.2 Å². The van der Waals surface area contributed by atoms with E-state index in [9.17, 15) is 18.0 Å². The summed E-state index contributed by atoms with van der Waals surface area (Å²) < 4.78 is 40.9. The molecule has 1 radical (unpaired) electrons. The zero-order valence-corrected chi connectivity index (χ0v) is 18.4. The van der Waals surface area contributed by atoms with Crippen molar-refractivity contribution in [3.05, 3.63) is 77.2 Å². The molecular weight excluding hydrogens is 452 g/mol. The van der Waals surface area contributed by atoms with Gasteiger partial charge in [0.1, 0.15) is 11.8 Å². The van der Waals surface area contributed by atoms with Crippen LogP contribution in [-0.4, -0.2) is 18.0 Å². The molecule has 0 fully saturated rings. The zero-order chi connectivity index (χ0) is 19.2. The molecular formula is C20H20ClF3NOY-. The Morgan fingerprint density at radius 3 is 2.26 bits per heavy atom. The molecule has 1 N–H and O–H groups in total. The van der Waals surface area contributed by atoms with Crippen LogP contribution in [0.4, 0.5) is 13.2 Å². The van der Waals surface area contributed by atoms with Gasteiger partial charge in [0.05, 0.1) is 6.04 Å². The summed E-state index contributed by atoms with van der Waals surface area (Å²) in [5.41, 5.74) is 0.697. The summed E-state index contributed by atoms with van der Waals surface area (Å²) in [4.78, 5) is 12.4. The molecule has 143 valence electrons. The van der Waals surface area contributed by atoms with Crippen LogP contribution in [0.1, 0.15) is 30.5 Å². The molecule has 2 rings (SSSR count). The number of halogens is 4. The van der Waals surface area contributed by atoms with E-state index in [2.05, 4.69) is 5.32 Å². The van der Waals surface area contributed by atoms with E-state index in [4.69, 9.17) is 11.6 Å². The van der Waals surface area contributed by atoms with Crippen LogP contribution in [0.25, 0.3) is 0 Å². The van der Waals surface area contributed by atoms with Crippen LogP contribution in [0.5, 0.6) is 0 Å². The Balaban J connectivity index is 0.00000364.